The highest BCUT2D eigenvalue weighted by atomic mass is 32.1. The minimum atomic E-state index is -0.556. The van der Waals surface area contributed by atoms with Gasteiger partial charge in [0.1, 0.15) is 5.82 Å². The number of hydrogen-bond donors (Lipinski definition) is 1. The Morgan fingerprint density at radius 3 is 2.95 bits per heavy atom. The van der Waals surface area contributed by atoms with Crippen LogP contribution in [0.1, 0.15) is 20.8 Å². The fourth-order valence-electron chi connectivity index (χ4n) is 1.61. The third-order valence-corrected chi connectivity index (χ3v) is 3.48. The molecule has 0 aliphatic carbocycles. The van der Waals surface area contributed by atoms with Crippen LogP contribution in [0.4, 0.5) is 10.1 Å². The quantitative estimate of drug-likeness (QED) is 0.875. The summed E-state index contributed by atoms with van der Waals surface area (Å²) in [5, 5.41) is 3.10. The molecule has 100 valence electrons. The summed E-state index contributed by atoms with van der Waals surface area (Å²) in [5.74, 6) is -0.991. The van der Waals surface area contributed by atoms with Gasteiger partial charge in [-0.2, -0.15) is 0 Å². The van der Waals surface area contributed by atoms with Crippen molar-refractivity contribution < 1.29 is 13.9 Å². The van der Waals surface area contributed by atoms with Gasteiger partial charge in [-0.05, 0) is 19.1 Å². The van der Waals surface area contributed by atoms with Gasteiger partial charge in [-0.25, -0.2) is 9.18 Å². The van der Waals surface area contributed by atoms with E-state index in [1.807, 2.05) is 0 Å². The summed E-state index contributed by atoms with van der Waals surface area (Å²) in [5.41, 5.74) is 2.97. The van der Waals surface area contributed by atoms with E-state index in [4.69, 9.17) is 0 Å². The van der Waals surface area contributed by atoms with Gasteiger partial charge in [0.15, 0.2) is 0 Å². The van der Waals surface area contributed by atoms with Crippen LogP contribution in [0.5, 0.6) is 0 Å². The average molecular weight is 280 g/mol. The lowest BCUT2D eigenvalue weighted by atomic mass is 10.1. The topological polar surface area (TPSA) is 51.2 Å². The van der Waals surface area contributed by atoms with Crippen molar-refractivity contribution in [2.45, 2.75) is 13.5 Å². The second kappa shape index (κ2) is 5.79. The number of ether oxygens (including phenoxy) is 1. The number of aromatic nitrogens is 1. The number of esters is 1. The first-order chi connectivity index (χ1) is 9.11. The molecule has 2 rings (SSSR count). The SMILES string of the molecule is COC(=O)c1cc(F)c(C)c(NCc2cncs2)c1. The van der Waals surface area contributed by atoms with Gasteiger partial charge >= 0.3 is 5.97 Å². The Labute approximate surface area is 114 Å². The smallest absolute Gasteiger partial charge is 0.338 e. The van der Waals surface area contributed by atoms with Crippen molar-refractivity contribution in [2.75, 3.05) is 12.4 Å². The van der Waals surface area contributed by atoms with E-state index in [0.717, 1.165) is 4.88 Å². The van der Waals surface area contributed by atoms with Crippen molar-refractivity contribution in [3.05, 3.63) is 45.7 Å². The van der Waals surface area contributed by atoms with Crippen molar-refractivity contribution in [3.8, 4) is 0 Å². The molecule has 19 heavy (non-hydrogen) atoms. The van der Waals surface area contributed by atoms with Crippen LogP contribution >= 0.6 is 11.3 Å². The van der Waals surface area contributed by atoms with E-state index in [1.54, 1.807) is 24.7 Å². The number of carbonyl (C=O) groups excluding carboxylic acids is 1. The largest absolute Gasteiger partial charge is 0.465 e. The van der Waals surface area contributed by atoms with Crippen molar-refractivity contribution in [1.29, 1.82) is 0 Å². The molecule has 0 atom stereocenters. The van der Waals surface area contributed by atoms with Crippen molar-refractivity contribution >= 4 is 23.0 Å². The lowest BCUT2D eigenvalue weighted by Gasteiger charge is -2.11. The Kier molecular flexibility index (Phi) is 4.11. The minimum Gasteiger partial charge on any atom is -0.465 e. The highest BCUT2D eigenvalue weighted by Crippen LogP contribution is 2.22. The van der Waals surface area contributed by atoms with E-state index >= 15 is 0 Å². The second-order valence-electron chi connectivity index (χ2n) is 3.94. The molecular weight excluding hydrogens is 267 g/mol. The summed E-state index contributed by atoms with van der Waals surface area (Å²) in [6.07, 6.45) is 1.74. The Hall–Kier alpha value is -1.95. The van der Waals surface area contributed by atoms with Crippen LogP contribution in [0.25, 0.3) is 0 Å². The van der Waals surface area contributed by atoms with Crippen LogP contribution in [0.3, 0.4) is 0 Å². The molecule has 0 fully saturated rings. The zero-order valence-electron chi connectivity index (χ0n) is 10.6. The number of nitrogens with zero attached hydrogens (tertiary/aromatic N) is 1. The molecule has 0 radical (unpaired) electrons. The van der Waals surface area contributed by atoms with Crippen LogP contribution in [0.15, 0.2) is 23.8 Å². The molecule has 1 heterocycles. The second-order valence-corrected chi connectivity index (χ2v) is 4.91. The molecule has 1 aromatic carbocycles. The minimum absolute atomic E-state index is 0.192. The summed E-state index contributed by atoms with van der Waals surface area (Å²) >= 11 is 1.51. The number of rotatable bonds is 4. The van der Waals surface area contributed by atoms with Crippen molar-refractivity contribution in [2.24, 2.45) is 0 Å². The maximum Gasteiger partial charge on any atom is 0.338 e. The lowest BCUT2D eigenvalue weighted by Crippen LogP contribution is -2.06. The molecule has 0 amide bonds. The number of methoxy groups -OCH3 is 1. The summed E-state index contributed by atoms with van der Waals surface area (Å²) < 4.78 is 18.3. The number of thiazole rings is 1. The molecule has 1 aromatic heterocycles. The van der Waals surface area contributed by atoms with E-state index in [0.29, 0.717) is 17.8 Å². The number of halogens is 1. The maximum atomic E-state index is 13.7. The van der Waals surface area contributed by atoms with Gasteiger partial charge in [-0.1, -0.05) is 0 Å². The van der Waals surface area contributed by atoms with Gasteiger partial charge in [0.05, 0.1) is 24.7 Å². The van der Waals surface area contributed by atoms with Crippen molar-refractivity contribution in [1.82, 2.24) is 4.98 Å². The molecule has 1 N–H and O–H groups in total. The molecular formula is C13H13FN2O2S. The first-order valence-corrected chi connectivity index (χ1v) is 6.49. The van der Waals surface area contributed by atoms with Crippen LogP contribution in [0, 0.1) is 12.7 Å². The molecule has 0 unspecified atom stereocenters. The van der Waals surface area contributed by atoms with E-state index in [1.165, 1.54) is 24.5 Å². The normalized spacial score (nSPS) is 10.3. The van der Waals surface area contributed by atoms with Gasteiger partial charge in [0.2, 0.25) is 0 Å². The number of hydrogen-bond acceptors (Lipinski definition) is 5. The van der Waals surface area contributed by atoms with Crippen LogP contribution in [-0.4, -0.2) is 18.1 Å². The third kappa shape index (κ3) is 3.08. The Morgan fingerprint density at radius 1 is 1.53 bits per heavy atom. The molecule has 0 aliphatic heterocycles. The summed E-state index contributed by atoms with van der Waals surface area (Å²) in [7, 11) is 1.27. The Morgan fingerprint density at radius 2 is 2.32 bits per heavy atom. The predicted molar refractivity (Wildman–Crippen MR) is 71.9 cm³/mol. The third-order valence-electron chi connectivity index (χ3n) is 2.70. The number of benzene rings is 1. The van der Waals surface area contributed by atoms with Gasteiger partial charge in [0, 0.05) is 22.3 Å². The molecule has 0 aliphatic rings. The van der Waals surface area contributed by atoms with Crippen LogP contribution in [-0.2, 0) is 11.3 Å². The molecule has 0 saturated carbocycles. The monoisotopic (exact) mass is 280 g/mol. The van der Waals surface area contributed by atoms with E-state index in [2.05, 4.69) is 15.0 Å². The fraction of sp³-hybridized carbons (Fsp3) is 0.231. The van der Waals surface area contributed by atoms with Gasteiger partial charge < -0.3 is 10.1 Å². The predicted octanol–water partition coefficient (Wildman–Crippen LogP) is 2.99. The van der Waals surface area contributed by atoms with E-state index in [9.17, 15) is 9.18 Å². The summed E-state index contributed by atoms with van der Waals surface area (Å²) in [6, 6.07) is 2.77. The summed E-state index contributed by atoms with van der Waals surface area (Å²) in [4.78, 5) is 16.4. The number of carbonyl (C=O) groups is 1. The molecule has 4 nitrogen and oxygen atoms in total. The number of nitrogens with one attached hydrogen (secondary N) is 1. The Balaban J connectivity index is 2.23. The zero-order valence-corrected chi connectivity index (χ0v) is 11.4. The lowest BCUT2D eigenvalue weighted by molar-refractivity contribution is 0.0600. The first kappa shape index (κ1) is 13.5. The molecule has 0 spiro atoms. The van der Waals surface area contributed by atoms with Crippen LogP contribution < -0.4 is 5.32 Å². The summed E-state index contributed by atoms with van der Waals surface area (Å²) in [6.45, 7) is 2.20. The maximum absolute atomic E-state index is 13.7. The van der Waals surface area contributed by atoms with Gasteiger partial charge in [-0.3, -0.25) is 4.98 Å². The standard InChI is InChI=1S/C13H13FN2O2S/c1-8-11(14)3-9(13(17)18-2)4-12(8)16-6-10-5-15-7-19-10/h3-5,7,16H,6H2,1-2H3. The fourth-order valence-corrected chi connectivity index (χ4v) is 2.14. The van der Waals surface area contributed by atoms with Crippen molar-refractivity contribution in [3.63, 3.8) is 0 Å². The number of anilines is 1. The highest BCUT2D eigenvalue weighted by molar-refractivity contribution is 7.09. The molecule has 0 bridgehead atoms. The van der Waals surface area contributed by atoms with Crippen LogP contribution in [0.2, 0.25) is 0 Å². The van der Waals surface area contributed by atoms with E-state index in [-0.39, 0.29) is 5.56 Å². The van der Waals surface area contributed by atoms with E-state index < -0.39 is 11.8 Å². The Bertz CT molecular complexity index is 585. The average Bonchev–Trinajstić information content (AvgIpc) is 2.92. The van der Waals surface area contributed by atoms with Gasteiger partial charge in [0.25, 0.3) is 0 Å². The molecule has 2 aromatic rings. The first-order valence-electron chi connectivity index (χ1n) is 5.61. The molecule has 6 heteroatoms. The zero-order chi connectivity index (χ0) is 13.8. The highest BCUT2D eigenvalue weighted by Gasteiger charge is 2.12. The van der Waals surface area contributed by atoms with Gasteiger partial charge in [-0.15, -0.1) is 11.3 Å². The molecule has 0 saturated heterocycles.